The number of anilines is 2. The van der Waals surface area contributed by atoms with Crippen molar-refractivity contribution < 1.29 is 4.39 Å². The van der Waals surface area contributed by atoms with Gasteiger partial charge < -0.3 is 5.32 Å². The number of fused-ring (bicyclic) bond motifs is 1. The SMILES string of the molecule is N#Cc1cnccc1Nc1cc(-c2cc(Cl)ccc2F)nc2ncccc12. The van der Waals surface area contributed by atoms with Gasteiger partial charge in [0.25, 0.3) is 0 Å². The van der Waals surface area contributed by atoms with Crippen LogP contribution in [0.3, 0.4) is 0 Å². The molecule has 4 aromatic rings. The van der Waals surface area contributed by atoms with E-state index in [1.54, 1.807) is 30.6 Å². The fraction of sp³-hybridized carbons (Fsp3) is 0. The van der Waals surface area contributed by atoms with Crippen LogP contribution in [0.2, 0.25) is 5.02 Å². The lowest BCUT2D eigenvalue weighted by atomic mass is 10.1. The first-order valence-corrected chi connectivity index (χ1v) is 8.36. The van der Waals surface area contributed by atoms with Gasteiger partial charge in [-0.05, 0) is 42.5 Å². The van der Waals surface area contributed by atoms with Gasteiger partial charge in [-0.3, -0.25) is 4.98 Å². The van der Waals surface area contributed by atoms with Gasteiger partial charge in [-0.15, -0.1) is 0 Å². The molecular weight excluding hydrogens is 365 g/mol. The Morgan fingerprint density at radius 1 is 1.07 bits per heavy atom. The van der Waals surface area contributed by atoms with E-state index >= 15 is 0 Å². The predicted molar refractivity (Wildman–Crippen MR) is 102 cm³/mol. The summed E-state index contributed by atoms with van der Waals surface area (Å²) in [5.74, 6) is -0.435. The second-order valence-electron chi connectivity index (χ2n) is 5.71. The quantitative estimate of drug-likeness (QED) is 0.539. The maximum Gasteiger partial charge on any atom is 0.161 e. The van der Waals surface area contributed by atoms with E-state index in [4.69, 9.17) is 11.6 Å². The molecule has 0 amide bonds. The maximum atomic E-state index is 14.3. The number of nitriles is 1. The highest BCUT2D eigenvalue weighted by Crippen LogP contribution is 2.32. The monoisotopic (exact) mass is 375 g/mol. The molecule has 0 saturated heterocycles. The number of nitrogens with one attached hydrogen (secondary N) is 1. The van der Waals surface area contributed by atoms with E-state index < -0.39 is 5.82 Å². The third-order valence-electron chi connectivity index (χ3n) is 4.00. The van der Waals surface area contributed by atoms with Crippen molar-refractivity contribution in [2.24, 2.45) is 0 Å². The largest absolute Gasteiger partial charge is 0.354 e. The number of benzene rings is 1. The minimum Gasteiger partial charge on any atom is -0.354 e. The minimum atomic E-state index is -0.435. The smallest absolute Gasteiger partial charge is 0.161 e. The second kappa shape index (κ2) is 6.98. The van der Waals surface area contributed by atoms with Crippen molar-refractivity contribution in [3.8, 4) is 17.3 Å². The molecule has 5 nitrogen and oxygen atoms in total. The van der Waals surface area contributed by atoms with Gasteiger partial charge in [0.2, 0.25) is 0 Å². The summed E-state index contributed by atoms with van der Waals surface area (Å²) in [4.78, 5) is 12.7. The summed E-state index contributed by atoms with van der Waals surface area (Å²) in [6.45, 7) is 0. The van der Waals surface area contributed by atoms with Crippen molar-refractivity contribution in [2.45, 2.75) is 0 Å². The highest BCUT2D eigenvalue weighted by molar-refractivity contribution is 6.30. The summed E-state index contributed by atoms with van der Waals surface area (Å²) in [5, 5.41) is 13.7. The molecule has 0 spiro atoms. The Bertz CT molecular complexity index is 1200. The summed E-state index contributed by atoms with van der Waals surface area (Å²) in [5.41, 5.74) is 2.72. The number of halogens is 2. The minimum absolute atomic E-state index is 0.272. The van der Waals surface area contributed by atoms with E-state index in [2.05, 4.69) is 26.3 Å². The molecule has 130 valence electrons. The molecule has 1 N–H and O–H groups in total. The lowest BCUT2D eigenvalue weighted by Gasteiger charge is -2.13. The van der Waals surface area contributed by atoms with Crippen molar-refractivity contribution in [1.82, 2.24) is 15.0 Å². The molecular formula is C20H11ClFN5. The number of aromatic nitrogens is 3. The third-order valence-corrected chi connectivity index (χ3v) is 4.23. The Morgan fingerprint density at radius 3 is 2.81 bits per heavy atom. The number of hydrogen-bond acceptors (Lipinski definition) is 5. The van der Waals surface area contributed by atoms with Crippen molar-refractivity contribution >= 4 is 34.0 Å². The average molecular weight is 376 g/mol. The van der Waals surface area contributed by atoms with Gasteiger partial charge >= 0.3 is 0 Å². The fourth-order valence-electron chi connectivity index (χ4n) is 2.73. The molecule has 27 heavy (non-hydrogen) atoms. The van der Waals surface area contributed by atoms with E-state index in [1.165, 1.54) is 24.4 Å². The lowest BCUT2D eigenvalue weighted by molar-refractivity contribution is 0.631. The number of hydrogen-bond donors (Lipinski definition) is 1. The molecule has 3 aromatic heterocycles. The van der Waals surface area contributed by atoms with Crippen molar-refractivity contribution in [1.29, 1.82) is 5.26 Å². The Morgan fingerprint density at radius 2 is 1.96 bits per heavy atom. The van der Waals surface area contributed by atoms with Gasteiger partial charge in [-0.1, -0.05) is 11.6 Å². The fourth-order valence-corrected chi connectivity index (χ4v) is 2.90. The van der Waals surface area contributed by atoms with Gasteiger partial charge in [0.05, 0.1) is 22.6 Å². The predicted octanol–water partition coefficient (Wildman–Crippen LogP) is 5.10. The third kappa shape index (κ3) is 3.28. The number of rotatable bonds is 3. The van der Waals surface area contributed by atoms with Crippen molar-refractivity contribution in [3.63, 3.8) is 0 Å². The van der Waals surface area contributed by atoms with Crippen LogP contribution in [-0.4, -0.2) is 15.0 Å². The van der Waals surface area contributed by atoms with Crippen molar-refractivity contribution in [2.75, 3.05) is 5.32 Å². The first-order valence-electron chi connectivity index (χ1n) is 7.98. The van der Waals surface area contributed by atoms with E-state index in [0.717, 1.165) is 5.39 Å². The average Bonchev–Trinajstić information content (AvgIpc) is 2.70. The molecule has 0 aliphatic carbocycles. The molecule has 0 aliphatic rings. The first kappa shape index (κ1) is 16.9. The van der Waals surface area contributed by atoms with Crippen LogP contribution in [-0.2, 0) is 0 Å². The van der Waals surface area contributed by atoms with E-state index in [-0.39, 0.29) is 5.56 Å². The molecule has 7 heteroatoms. The second-order valence-corrected chi connectivity index (χ2v) is 6.15. The molecule has 3 heterocycles. The van der Waals surface area contributed by atoms with E-state index in [0.29, 0.717) is 33.3 Å². The van der Waals surface area contributed by atoms with Crippen LogP contribution < -0.4 is 5.32 Å². The first-order chi connectivity index (χ1) is 13.2. The van der Waals surface area contributed by atoms with Crippen LogP contribution in [0.15, 0.2) is 61.1 Å². The van der Waals surface area contributed by atoms with Crippen LogP contribution in [0.4, 0.5) is 15.8 Å². The van der Waals surface area contributed by atoms with Gasteiger partial charge in [0, 0.05) is 34.6 Å². The molecule has 0 bridgehead atoms. The summed E-state index contributed by atoms with van der Waals surface area (Å²) >= 11 is 6.03. The van der Waals surface area contributed by atoms with Gasteiger partial charge in [0.15, 0.2) is 5.65 Å². The van der Waals surface area contributed by atoms with Crippen LogP contribution in [0.25, 0.3) is 22.3 Å². The summed E-state index contributed by atoms with van der Waals surface area (Å²) in [7, 11) is 0. The molecule has 4 rings (SSSR count). The number of nitrogens with zero attached hydrogens (tertiary/aromatic N) is 4. The summed E-state index contributed by atoms with van der Waals surface area (Å²) in [6, 6.07) is 13.4. The van der Waals surface area contributed by atoms with E-state index in [1.807, 2.05) is 6.07 Å². The van der Waals surface area contributed by atoms with Crippen LogP contribution in [0, 0.1) is 17.1 Å². The topological polar surface area (TPSA) is 74.5 Å². The van der Waals surface area contributed by atoms with E-state index in [9.17, 15) is 9.65 Å². The Hall–Kier alpha value is -3.56. The Balaban J connectivity index is 1.92. The number of pyridine rings is 3. The lowest BCUT2D eigenvalue weighted by Crippen LogP contribution is -1.99. The molecule has 0 unspecified atom stereocenters. The molecule has 0 aliphatic heterocycles. The van der Waals surface area contributed by atoms with Crippen LogP contribution >= 0.6 is 11.6 Å². The zero-order valence-electron chi connectivity index (χ0n) is 13.8. The molecule has 0 saturated carbocycles. The zero-order valence-corrected chi connectivity index (χ0v) is 14.6. The van der Waals surface area contributed by atoms with Gasteiger partial charge in [-0.2, -0.15) is 5.26 Å². The van der Waals surface area contributed by atoms with Crippen LogP contribution in [0.1, 0.15) is 5.56 Å². The summed E-state index contributed by atoms with van der Waals surface area (Å²) in [6.07, 6.45) is 4.67. The standard InChI is InChI=1S/C20H11ClFN5/c21-13-3-4-16(22)15(8-13)19-9-18(14-2-1-6-25-20(14)27-19)26-17-5-7-24-11-12(17)10-23/h1-9,11H,(H,24,25,26,27). The normalized spacial score (nSPS) is 10.6. The molecule has 0 fully saturated rings. The zero-order chi connectivity index (χ0) is 18.8. The van der Waals surface area contributed by atoms with Gasteiger partial charge in [0.1, 0.15) is 11.9 Å². The Kier molecular flexibility index (Phi) is 4.37. The summed E-state index contributed by atoms with van der Waals surface area (Å²) < 4.78 is 14.3. The molecule has 1 aromatic carbocycles. The molecule has 0 radical (unpaired) electrons. The maximum absolute atomic E-state index is 14.3. The Labute approximate surface area is 159 Å². The highest BCUT2D eigenvalue weighted by Gasteiger charge is 2.13. The highest BCUT2D eigenvalue weighted by atomic mass is 35.5. The van der Waals surface area contributed by atoms with Gasteiger partial charge in [-0.25, -0.2) is 14.4 Å². The molecule has 0 atom stereocenters. The van der Waals surface area contributed by atoms with Crippen LogP contribution in [0.5, 0.6) is 0 Å². The van der Waals surface area contributed by atoms with Crippen molar-refractivity contribution in [3.05, 3.63) is 77.5 Å².